The average molecular weight is 343 g/mol. The number of benzene rings is 1. The molecule has 1 amide bonds. The van der Waals surface area contributed by atoms with Crippen LogP contribution in [0.2, 0.25) is 0 Å². The lowest BCUT2D eigenvalue weighted by atomic mass is 10.2. The third-order valence-corrected chi connectivity index (χ3v) is 3.95. The van der Waals surface area contributed by atoms with E-state index in [1.54, 1.807) is 29.4 Å². The highest BCUT2D eigenvalue weighted by Crippen LogP contribution is 2.24. The molecule has 0 radical (unpaired) electrons. The Labute approximate surface area is 146 Å². The molecule has 0 saturated carbocycles. The molecular weight excluding hydrogens is 322 g/mol. The van der Waals surface area contributed by atoms with Crippen LogP contribution in [0, 0.1) is 0 Å². The number of carbonyl (C=O) groups is 1. The number of hydrogen-bond donors (Lipinski definition) is 0. The minimum Gasteiger partial charge on any atom is -0.494 e. The fourth-order valence-electron chi connectivity index (χ4n) is 2.74. The maximum Gasteiger partial charge on any atom is 0.278 e. The lowest BCUT2D eigenvalue weighted by molar-refractivity contribution is 0.0770. The van der Waals surface area contributed by atoms with Crippen molar-refractivity contribution in [3.8, 4) is 17.5 Å². The molecule has 1 aliphatic heterocycles. The minimum absolute atomic E-state index is 0.0136. The highest BCUT2D eigenvalue weighted by atomic mass is 16.5. The zero-order valence-corrected chi connectivity index (χ0v) is 14.3. The molecule has 1 fully saturated rings. The second-order valence-corrected chi connectivity index (χ2v) is 5.61. The highest BCUT2D eigenvalue weighted by Gasteiger charge is 2.29. The summed E-state index contributed by atoms with van der Waals surface area (Å²) in [6, 6.07) is 7.19. The van der Waals surface area contributed by atoms with Crippen molar-refractivity contribution in [2.45, 2.75) is 19.4 Å². The summed E-state index contributed by atoms with van der Waals surface area (Å²) < 4.78 is 16.4. The van der Waals surface area contributed by atoms with Crippen molar-refractivity contribution < 1.29 is 19.0 Å². The molecule has 1 aliphatic rings. The van der Waals surface area contributed by atoms with E-state index in [0.717, 1.165) is 12.2 Å². The monoisotopic (exact) mass is 343 g/mol. The van der Waals surface area contributed by atoms with E-state index < -0.39 is 0 Å². The zero-order chi connectivity index (χ0) is 17.6. The third kappa shape index (κ3) is 3.99. The molecule has 2 aromatic rings. The molecule has 25 heavy (non-hydrogen) atoms. The van der Waals surface area contributed by atoms with Crippen LogP contribution in [0.1, 0.15) is 23.7 Å². The molecule has 1 unspecified atom stereocenters. The summed E-state index contributed by atoms with van der Waals surface area (Å²) in [5, 5.41) is 0. The van der Waals surface area contributed by atoms with Gasteiger partial charge in [-0.15, -0.1) is 0 Å². The van der Waals surface area contributed by atoms with Crippen LogP contribution in [-0.4, -0.2) is 53.7 Å². The van der Waals surface area contributed by atoms with Crippen molar-refractivity contribution in [3.05, 3.63) is 42.2 Å². The molecule has 0 aliphatic carbocycles. The van der Waals surface area contributed by atoms with Gasteiger partial charge in [0.05, 0.1) is 20.3 Å². The quantitative estimate of drug-likeness (QED) is 0.800. The number of likely N-dealkylation sites (tertiary alicyclic amines) is 1. The molecule has 1 aromatic heterocycles. The van der Waals surface area contributed by atoms with Crippen LogP contribution >= 0.6 is 0 Å². The summed E-state index contributed by atoms with van der Waals surface area (Å²) in [5.74, 6) is 1.45. The second-order valence-electron chi connectivity index (χ2n) is 5.61. The molecule has 1 aromatic carbocycles. The standard InChI is InChI=1S/C18H21N3O4/c1-3-24-14-6-4-13(5-7-14)18(22)21-11-8-15(12-21)25-17-16(23-2)19-9-10-20-17/h4-7,9-10,15H,3,8,11-12H2,1-2H3. The highest BCUT2D eigenvalue weighted by molar-refractivity contribution is 5.94. The van der Waals surface area contributed by atoms with Crippen LogP contribution < -0.4 is 14.2 Å². The molecule has 0 bridgehead atoms. The van der Waals surface area contributed by atoms with Crippen LogP contribution in [0.15, 0.2) is 36.7 Å². The van der Waals surface area contributed by atoms with Gasteiger partial charge in [0.1, 0.15) is 11.9 Å². The van der Waals surface area contributed by atoms with Gasteiger partial charge >= 0.3 is 0 Å². The van der Waals surface area contributed by atoms with Crippen LogP contribution in [0.4, 0.5) is 0 Å². The lowest BCUT2D eigenvalue weighted by Crippen LogP contribution is -2.31. The van der Waals surface area contributed by atoms with Crippen LogP contribution in [0.3, 0.4) is 0 Å². The van der Waals surface area contributed by atoms with Gasteiger partial charge in [0, 0.05) is 30.9 Å². The van der Waals surface area contributed by atoms with Gasteiger partial charge in [-0.25, -0.2) is 9.97 Å². The van der Waals surface area contributed by atoms with Crippen LogP contribution in [0.25, 0.3) is 0 Å². The number of nitrogens with zero attached hydrogens (tertiary/aromatic N) is 3. The first-order valence-electron chi connectivity index (χ1n) is 8.25. The Balaban J connectivity index is 1.61. The zero-order valence-electron chi connectivity index (χ0n) is 14.3. The van der Waals surface area contributed by atoms with Gasteiger partial charge in [-0.3, -0.25) is 4.79 Å². The number of rotatable bonds is 6. The summed E-state index contributed by atoms with van der Waals surface area (Å²) in [5.41, 5.74) is 0.640. The van der Waals surface area contributed by atoms with E-state index in [9.17, 15) is 4.79 Å². The fourth-order valence-corrected chi connectivity index (χ4v) is 2.74. The topological polar surface area (TPSA) is 73.8 Å². The van der Waals surface area contributed by atoms with E-state index in [1.165, 1.54) is 7.11 Å². The number of carbonyl (C=O) groups excluding carboxylic acids is 1. The molecule has 0 N–H and O–H groups in total. The molecule has 0 spiro atoms. The maximum atomic E-state index is 12.6. The summed E-state index contributed by atoms with van der Waals surface area (Å²) in [4.78, 5) is 22.6. The SMILES string of the molecule is CCOc1ccc(C(=O)N2CCC(Oc3nccnc3OC)C2)cc1. The van der Waals surface area contributed by atoms with E-state index in [2.05, 4.69) is 9.97 Å². The summed E-state index contributed by atoms with van der Waals surface area (Å²) in [6.07, 6.45) is 3.71. The predicted molar refractivity (Wildman–Crippen MR) is 91.1 cm³/mol. The number of methoxy groups -OCH3 is 1. The summed E-state index contributed by atoms with van der Waals surface area (Å²) >= 11 is 0. The third-order valence-electron chi connectivity index (χ3n) is 3.95. The molecule has 3 rings (SSSR count). The van der Waals surface area contributed by atoms with Crippen molar-refractivity contribution in [1.29, 1.82) is 0 Å². The van der Waals surface area contributed by atoms with E-state index >= 15 is 0 Å². The largest absolute Gasteiger partial charge is 0.494 e. The van der Waals surface area contributed by atoms with Crippen molar-refractivity contribution in [2.75, 3.05) is 26.8 Å². The number of aromatic nitrogens is 2. The molecular formula is C18H21N3O4. The first kappa shape index (κ1) is 17.0. The Hall–Kier alpha value is -2.83. The Morgan fingerprint density at radius 2 is 1.92 bits per heavy atom. The van der Waals surface area contributed by atoms with E-state index in [1.807, 2.05) is 19.1 Å². The normalized spacial score (nSPS) is 16.6. The second kappa shape index (κ2) is 7.83. The van der Waals surface area contributed by atoms with Gasteiger partial charge in [0.2, 0.25) is 0 Å². The van der Waals surface area contributed by atoms with Crippen molar-refractivity contribution >= 4 is 5.91 Å². The molecule has 1 saturated heterocycles. The van der Waals surface area contributed by atoms with Gasteiger partial charge in [0.15, 0.2) is 0 Å². The molecule has 7 heteroatoms. The van der Waals surface area contributed by atoms with Gasteiger partial charge in [-0.2, -0.15) is 0 Å². The molecule has 132 valence electrons. The average Bonchev–Trinajstić information content (AvgIpc) is 3.11. The minimum atomic E-state index is -0.128. The first-order chi connectivity index (χ1) is 12.2. The summed E-state index contributed by atoms with van der Waals surface area (Å²) in [7, 11) is 1.52. The molecule has 7 nitrogen and oxygen atoms in total. The van der Waals surface area contributed by atoms with Gasteiger partial charge < -0.3 is 19.1 Å². The number of hydrogen-bond acceptors (Lipinski definition) is 6. The number of amides is 1. The van der Waals surface area contributed by atoms with Crippen molar-refractivity contribution in [2.24, 2.45) is 0 Å². The van der Waals surface area contributed by atoms with Gasteiger partial charge in [0.25, 0.3) is 17.7 Å². The van der Waals surface area contributed by atoms with Crippen molar-refractivity contribution in [3.63, 3.8) is 0 Å². The fraction of sp³-hybridized carbons (Fsp3) is 0.389. The first-order valence-corrected chi connectivity index (χ1v) is 8.25. The molecule has 2 heterocycles. The van der Waals surface area contributed by atoms with Gasteiger partial charge in [-0.05, 0) is 31.2 Å². The van der Waals surface area contributed by atoms with E-state index in [4.69, 9.17) is 14.2 Å². The van der Waals surface area contributed by atoms with Gasteiger partial charge in [-0.1, -0.05) is 0 Å². The van der Waals surface area contributed by atoms with Crippen molar-refractivity contribution in [1.82, 2.24) is 14.9 Å². The Morgan fingerprint density at radius 1 is 1.20 bits per heavy atom. The lowest BCUT2D eigenvalue weighted by Gasteiger charge is -2.17. The Morgan fingerprint density at radius 3 is 2.60 bits per heavy atom. The predicted octanol–water partition coefficient (Wildman–Crippen LogP) is 2.18. The van der Waals surface area contributed by atoms with E-state index in [-0.39, 0.29) is 12.0 Å². The Kier molecular flexibility index (Phi) is 5.33. The van der Waals surface area contributed by atoms with Crippen LogP contribution in [0.5, 0.6) is 17.5 Å². The molecule has 1 atom stereocenters. The number of ether oxygens (including phenoxy) is 3. The Bertz CT molecular complexity index is 721. The maximum absolute atomic E-state index is 12.6. The smallest absolute Gasteiger partial charge is 0.278 e. The van der Waals surface area contributed by atoms with E-state index in [0.29, 0.717) is 37.0 Å². The van der Waals surface area contributed by atoms with Crippen LogP contribution in [-0.2, 0) is 0 Å². The summed E-state index contributed by atoms with van der Waals surface area (Å²) in [6.45, 7) is 3.67.